The summed E-state index contributed by atoms with van der Waals surface area (Å²) in [5, 5.41) is 32.1. The molecule has 3 N–H and O–H groups in total. The molecule has 190 valence electrons. The summed E-state index contributed by atoms with van der Waals surface area (Å²) >= 11 is 0. The lowest BCUT2D eigenvalue weighted by Crippen LogP contribution is -2.39. The van der Waals surface area contributed by atoms with E-state index in [1.165, 1.54) is 11.9 Å². The lowest BCUT2D eigenvalue weighted by Gasteiger charge is -2.38. The van der Waals surface area contributed by atoms with Gasteiger partial charge < -0.3 is 15.3 Å². The summed E-state index contributed by atoms with van der Waals surface area (Å²) in [5.74, 6) is -2.01. The van der Waals surface area contributed by atoms with Gasteiger partial charge in [0, 0.05) is 24.7 Å². The van der Waals surface area contributed by atoms with Crippen molar-refractivity contribution in [2.24, 2.45) is 23.7 Å². The van der Waals surface area contributed by atoms with Crippen molar-refractivity contribution in [1.29, 1.82) is 0 Å². The Morgan fingerprint density at radius 1 is 1.14 bits per heavy atom. The SMILES string of the molecule is CC(C)C1=C([C@H](O)CC/C(=C/c2ccccc2O)c2ccccn2)[C@H](CO)[C@@H]2C(=O)N(C)C(=O)[C@@H]2C1. The summed E-state index contributed by atoms with van der Waals surface area (Å²) < 4.78 is 0. The van der Waals surface area contributed by atoms with Crippen LogP contribution in [-0.4, -0.2) is 56.8 Å². The van der Waals surface area contributed by atoms with Gasteiger partial charge in [0.1, 0.15) is 5.75 Å². The third kappa shape index (κ3) is 4.86. The molecule has 1 aromatic carbocycles. The number of pyridine rings is 1. The Kier molecular flexibility index (Phi) is 7.71. The highest BCUT2D eigenvalue weighted by Gasteiger charge is 2.53. The molecule has 2 aliphatic rings. The minimum Gasteiger partial charge on any atom is -0.507 e. The highest BCUT2D eigenvalue weighted by Crippen LogP contribution is 2.47. The van der Waals surface area contributed by atoms with Crippen LogP contribution in [0.15, 0.2) is 59.8 Å². The van der Waals surface area contributed by atoms with Gasteiger partial charge in [-0.2, -0.15) is 0 Å². The topological polar surface area (TPSA) is 111 Å². The third-order valence-corrected chi connectivity index (χ3v) is 7.54. The van der Waals surface area contributed by atoms with Crippen LogP contribution in [0.4, 0.5) is 0 Å². The van der Waals surface area contributed by atoms with Crippen molar-refractivity contribution in [3.05, 3.63) is 71.1 Å². The van der Waals surface area contributed by atoms with Gasteiger partial charge in [-0.25, -0.2) is 0 Å². The van der Waals surface area contributed by atoms with E-state index in [4.69, 9.17) is 0 Å². The lowest BCUT2D eigenvalue weighted by molar-refractivity contribution is -0.138. The second kappa shape index (κ2) is 10.8. The first-order valence-electron chi connectivity index (χ1n) is 12.5. The lowest BCUT2D eigenvalue weighted by atomic mass is 9.66. The Bertz CT molecular complexity index is 1190. The van der Waals surface area contributed by atoms with Crippen LogP contribution in [0.3, 0.4) is 0 Å². The number of phenolic OH excluding ortho intramolecular Hbond substituents is 1. The normalized spacial score (nSPS) is 23.4. The zero-order valence-corrected chi connectivity index (χ0v) is 21.0. The third-order valence-electron chi connectivity index (χ3n) is 7.54. The van der Waals surface area contributed by atoms with E-state index in [-0.39, 0.29) is 30.1 Å². The van der Waals surface area contributed by atoms with E-state index in [2.05, 4.69) is 4.98 Å². The molecule has 1 aliphatic carbocycles. The van der Waals surface area contributed by atoms with E-state index >= 15 is 0 Å². The van der Waals surface area contributed by atoms with E-state index in [0.29, 0.717) is 30.4 Å². The van der Waals surface area contributed by atoms with Crippen LogP contribution in [0, 0.1) is 23.7 Å². The van der Waals surface area contributed by atoms with Crippen molar-refractivity contribution in [2.75, 3.05) is 13.7 Å². The van der Waals surface area contributed by atoms with Gasteiger partial charge in [0.2, 0.25) is 11.8 Å². The van der Waals surface area contributed by atoms with Gasteiger partial charge in [-0.15, -0.1) is 0 Å². The van der Waals surface area contributed by atoms with Crippen LogP contribution in [0.1, 0.15) is 44.4 Å². The molecule has 7 nitrogen and oxygen atoms in total. The summed E-state index contributed by atoms with van der Waals surface area (Å²) in [6.45, 7) is 3.72. The predicted octanol–water partition coefficient (Wildman–Crippen LogP) is 3.66. The number of aliphatic hydroxyl groups excluding tert-OH is 2. The zero-order chi connectivity index (χ0) is 26.0. The molecule has 2 aromatic rings. The molecule has 0 bridgehead atoms. The van der Waals surface area contributed by atoms with Gasteiger partial charge >= 0.3 is 0 Å². The van der Waals surface area contributed by atoms with Crippen LogP contribution in [0.25, 0.3) is 11.6 Å². The second-order valence-corrected chi connectivity index (χ2v) is 9.99. The van der Waals surface area contributed by atoms with Crippen LogP contribution in [0.2, 0.25) is 0 Å². The number of aromatic nitrogens is 1. The maximum absolute atomic E-state index is 12.9. The van der Waals surface area contributed by atoms with Gasteiger partial charge in [0.05, 0.1) is 30.2 Å². The molecule has 7 heteroatoms. The van der Waals surface area contributed by atoms with E-state index in [1.54, 1.807) is 18.3 Å². The number of carbonyl (C=O) groups excluding carboxylic acids is 2. The summed E-state index contributed by atoms with van der Waals surface area (Å²) in [4.78, 5) is 31.3. The van der Waals surface area contributed by atoms with E-state index < -0.39 is 23.9 Å². The molecule has 4 atom stereocenters. The molecule has 1 aliphatic heterocycles. The zero-order valence-electron chi connectivity index (χ0n) is 21.0. The minimum atomic E-state index is -0.897. The molecule has 0 unspecified atom stereocenters. The number of fused-ring (bicyclic) bond motifs is 1. The molecule has 0 spiro atoms. The molecule has 36 heavy (non-hydrogen) atoms. The number of nitrogens with zero attached hydrogens (tertiary/aromatic N) is 2. The van der Waals surface area contributed by atoms with Gasteiger partial charge in [-0.05, 0) is 60.6 Å². The molecule has 4 rings (SSSR count). The molecule has 1 saturated heterocycles. The molecule has 0 radical (unpaired) electrons. The second-order valence-electron chi connectivity index (χ2n) is 9.99. The van der Waals surface area contributed by atoms with Gasteiger partial charge in [0.15, 0.2) is 0 Å². The Morgan fingerprint density at radius 2 is 1.86 bits per heavy atom. The number of aromatic hydroxyl groups is 1. The highest BCUT2D eigenvalue weighted by molar-refractivity contribution is 6.05. The largest absolute Gasteiger partial charge is 0.507 e. The Balaban J connectivity index is 1.66. The number of hydrogen-bond acceptors (Lipinski definition) is 6. The number of imide groups is 1. The van der Waals surface area contributed by atoms with Crippen molar-refractivity contribution in [2.45, 2.75) is 39.2 Å². The Labute approximate surface area is 211 Å². The molecule has 0 saturated carbocycles. The molecular weight excluding hydrogens is 456 g/mol. The number of likely N-dealkylation sites (tertiary alicyclic amines) is 1. The standard InChI is InChI=1S/C29H34N2O5/c1-17(2)20-15-21-27(29(36)31(3)28(21)35)22(16-32)26(20)25(34)12-11-18(23-9-6-7-13-30-23)14-19-8-4-5-10-24(19)33/h4-10,13-14,17,21-22,25,27,32-34H,11-12,15-16H2,1-3H3/b18-14-/t21-,22+,25-,27-/m1/s1. The summed E-state index contributed by atoms with van der Waals surface area (Å²) in [7, 11) is 1.49. The summed E-state index contributed by atoms with van der Waals surface area (Å²) in [6, 6.07) is 12.6. The van der Waals surface area contributed by atoms with Crippen LogP contribution < -0.4 is 0 Å². The quantitative estimate of drug-likeness (QED) is 0.385. The molecule has 2 heterocycles. The van der Waals surface area contributed by atoms with E-state index in [1.807, 2.05) is 50.3 Å². The predicted molar refractivity (Wildman–Crippen MR) is 137 cm³/mol. The number of amides is 2. The van der Waals surface area contributed by atoms with Crippen molar-refractivity contribution < 1.29 is 24.9 Å². The molecule has 1 aromatic heterocycles. The van der Waals surface area contributed by atoms with Crippen LogP contribution in [-0.2, 0) is 9.59 Å². The van der Waals surface area contributed by atoms with Crippen LogP contribution in [0.5, 0.6) is 5.75 Å². The average Bonchev–Trinajstić information content (AvgIpc) is 3.10. The van der Waals surface area contributed by atoms with Crippen molar-refractivity contribution in [3.8, 4) is 5.75 Å². The first-order chi connectivity index (χ1) is 17.2. The Morgan fingerprint density at radius 3 is 2.50 bits per heavy atom. The number of hydrogen-bond donors (Lipinski definition) is 3. The monoisotopic (exact) mass is 490 g/mol. The fraction of sp³-hybridized carbons (Fsp3) is 0.414. The van der Waals surface area contributed by atoms with Gasteiger partial charge in [-0.1, -0.05) is 43.7 Å². The van der Waals surface area contributed by atoms with Crippen molar-refractivity contribution in [3.63, 3.8) is 0 Å². The number of phenols is 1. The van der Waals surface area contributed by atoms with E-state index in [9.17, 15) is 24.9 Å². The first kappa shape index (κ1) is 25.8. The number of para-hydroxylation sites is 1. The first-order valence-corrected chi connectivity index (χ1v) is 12.5. The minimum absolute atomic E-state index is 0.0607. The Hall–Kier alpha value is -3.29. The van der Waals surface area contributed by atoms with E-state index in [0.717, 1.165) is 16.8 Å². The fourth-order valence-electron chi connectivity index (χ4n) is 5.67. The van der Waals surface area contributed by atoms with Crippen molar-refractivity contribution in [1.82, 2.24) is 9.88 Å². The summed E-state index contributed by atoms with van der Waals surface area (Å²) in [6.07, 6.45) is 3.89. The number of rotatable bonds is 8. The number of benzene rings is 1. The van der Waals surface area contributed by atoms with Crippen molar-refractivity contribution >= 4 is 23.5 Å². The average molecular weight is 491 g/mol. The summed E-state index contributed by atoms with van der Waals surface area (Å²) in [5.41, 5.74) is 3.88. The van der Waals surface area contributed by atoms with Gasteiger partial charge in [0.25, 0.3) is 0 Å². The smallest absolute Gasteiger partial charge is 0.233 e. The highest BCUT2D eigenvalue weighted by atomic mass is 16.3. The molecular formula is C29H34N2O5. The maximum Gasteiger partial charge on any atom is 0.233 e. The maximum atomic E-state index is 12.9. The molecule has 1 fully saturated rings. The molecule has 2 amide bonds. The fourth-order valence-corrected chi connectivity index (χ4v) is 5.67. The number of carbonyl (C=O) groups is 2. The van der Waals surface area contributed by atoms with Crippen LogP contribution >= 0.6 is 0 Å². The van der Waals surface area contributed by atoms with Gasteiger partial charge in [-0.3, -0.25) is 19.5 Å². The number of allylic oxidation sites excluding steroid dienone is 2. The number of aliphatic hydroxyl groups is 2.